The van der Waals surface area contributed by atoms with Crippen LogP contribution in [-0.2, 0) is 0 Å². The van der Waals surface area contributed by atoms with Gasteiger partial charge in [-0.3, -0.25) is 0 Å². The minimum Gasteiger partial charge on any atom is -0.350 e. The first-order chi connectivity index (χ1) is 7.65. The third kappa shape index (κ3) is 4.06. The molecule has 1 rings (SSSR count). The first kappa shape index (κ1) is 13.4. The summed E-state index contributed by atoms with van der Waals surface area (Å²) in [5, 5.41) is 1.02. The maximum absolute atomic E-state index is 5.46. The Hall–Kier alpha value is -0.680. The van der Waals surface area contributed by atoms with Gasteiger partial charge in [0.15, 0.2) is 0 Å². The Labute approximate surface area is 102 Å². The van der Waals surface area contributed by atoms with Crippen LogP contribution in [0.25, 0.3) is 0 Å². The van der Waals surface area contributed by atoms with Gasteiger partial charge in [0.05, 0.1) is 0 Å². The van der Waals surface area contributed by atoms with E-state index in [-0.39, 0.29) is 0 Å². The molecule has 0 aliphatic rings. The van der Waals surface area contributed by atoms with Crippen LogP contribution in [0.4, 0.5) is 5.13 Å². The standard InChI is InChI=1S/C11H22N4S/c1-9(2)10-13-11(16-14-10)15(3)8-6-4-5-7-12/h9H,4-8,12H2,1-3H3. The fraction of sp³-hybridized carbons (Fsp3) is 0.818. The van der Waals surface area contributed by atoms with Crippen molar-refractivity contribution in [2.24, 2.45) is 5.73 Å². The average Bonchev–Trinajstić information content (AvgIpc) is 2.73. The van der Waals surface area contributed by atoms with E-state index in [2.05, 4.69) is 35.2 Å². The van der Waals surface area contributed by atoms with Crippen LogP contribution in [0.5, 0.6) is 0 Å². The Morgan fingerprint density at radius 1 is 1.31 bits per heavy atom. The van der Waals surface area contributed by atoms with E-state index >= 15 is 0 Å². The lowest BCUT2D eigenvalue weighted by Gasteiger charge is -2.14. The third-order valence-electron chi connectivity index (χ3n) is 2.47. The van der Waals surface area contributed by atoms with Gasteiger partial charge in [-0.25, -0.2) is 4.98 Å². The smallest absolute Gasteiger partial charge is 0.204 e. The molecule has 0 aliphatic heterocycles. The Morgan fingerprint density at radius 2 is 2.06 bits per heavy atom. The van der Waals surface area contributed by atoms with Crippen molar-refractivity contribution < 1.29 is 0 Å². The van der Waals surface area contributed by atoms with Gasteiger partial charge in [-0.2, -0.15) is 4.37 Å². The second-order valence-corrected chi connectivity index (χ2v) is 5.09. The SMILES string of the molecule is CC(C)c1nsc(N(C)CCCCCN)n1. The van der Waals surface area contributed by atoms with Crippen LogP contribution < -0.4 is 10.6 Å². The molecule has 1 aromatic heterocycles. The van der Waals surface area contributed by atoms with Gasteiger partial charge in [0.25, 0.3) is 0 Å². The molecule has 0 atom stereocenters. The molecule has 0 bridgehead atoms. The van der Waals surface area contributed by atoms with Crippen molar-refractivity contribution >= 4 is 16.7 Å². The van der Waals surface area contributed by atoms with E-state index in [1.807, 2.05) is 0 Å². The molecule has 4 nitrogen and oxygen atoms in total. The van der Waals surface area contributed by atoms with Gasteiger partial charge in [-0.05, 0) is 19.4 Å². The average molecular weight is 242 g/mol. The number of nitrogens with zero attached hydrogens (tertiary/aromatic N) is 3. The van der Waals surface area contributed by atoms with Gasteiger partial charge in [0, 0.05) is 31.0 Å². The monoisotopic (exact) mass is 242 g/mol. The van der Waals surface area contributed by atoms with E-state index in [0.717, 1.165) is 30.5 Å². The van der Waals surface area contributed by atoms with Gasteiger partial charge in [0.1, 0.15) is 5.82 Å². The molecule has 0 radical (unpaired) electrons. The number of nitrogens with two attached hydrogens (primary N) is 1. The van der Waals surface area contributed by atoms with Gasteiger partial charge in [-0.15, -0.1) is 0 Å². The maximum atomic E-state index is 5.46. The highest BCUT2D eigenvalue weighted by Gasteiger charge is 2.10. The minimum absolute atomic E-state index is 0.413. The summed E-state index contributed by atoms with van der Waals surface area (Å²) in [6, 6.07) is 0. The Balaban J connectivity index is 2.37. The van der Waals surface area contributed by atoms with Crippen LogP contribution in [-0.4, -0.2) is 29.5 Å². The van der Waals surface area contributed by atoms with Crippen LogP contribution in [0.3, 0.4) is 0 Å². The summed E-state index contributed by atoms with van der Waals surface area (Å²) in [6.07, 6.45) is 3.47. The predicted octanol–water partition coefficient (Wildman–Crippen LogP) is 2.23. The van der Waals surface area contributed by atoms with Crippen LogP contribution in [0, 0.1) is 0 Å². The number of rotatable bonds is 7. The van der Waals surface area contributed by atoms with Crippen molar-refractivity contribution in [3.8, 4) is 0 Å². The second-order valence-electron chi connectivity index (χ2n) is 4.36. The van der Waals surface area contributed by atoms with Gasteiger partial charge >= 0.3 is 0 Å². The maximum Gasteiger partial charge on any atom is 0.204 e. The molecule has 1 aromatic rings. The van der Waals surface area contributed by atoms with Crippen LogP contribution in [0.2, 0.25) is 0 Å². The first-order valence-electron chi connectivity index (χ1n) is 5.90. The molecule has 2 N–H and O–H groups in total. The Bertz CT molecular complexity index is 298. The van der Waals surface area contributed by atoms with E-state index in [1.54, 1.807) is 0 Å². The molecule has 0 fully saturated rings. The predicted molar refractivity (Wildman–Crippen MR) is 70.2 cm³/mol. The first-order valence-corrected chi connectivity index (χ1v) is 6.67. The third-order valence-corrected chi connectivity index (χ3v) is 3.32. The van der Waals surface area contributed by atoms with Crippen LogP contribution in [0.1, 0.15) is 44.9 Å². The molecule has 16 heavy (non-hydrogen) atoms. The normalized spacial score (nSPS) is 11.1. The Morgan fingerprint density at radius 3 is 2.62 bits per heavy atom. The molecule has 0 spiro atoms. The molecular formula is C11H22N4S. The summed E-state index contributed by atoms with van der Waals surface area (Å²) < 4.78 is 4.35. The van der Waals surface area contributed by atoms with Gasteiger partial charge in [-0.1, -0.05) is 20.3 Å². The fourth-order valence-electron chi connectivity index (χ4n) is 1.38. The van der Waals surface area contributed by atoms with Crippen molar-refractivity contribution in [3.63, 3.8) is 0 Å². The molecule has 0 aromatic carbocycles. The summed E-state index contributed by atoms with van der Waals surface area (Å²) in [4.78, 5) is 6.70. The fourth-order valence-corrected chi connectivity index (χ4v) is 2.17. The van der Waals surface area contributed by atoms with Crippen molar-refractivity contribution in [1.29, 1.82) is 0 Å². The number of hydrogen-bond acceptors (Lipinski definition) is 5. The lowest BCUT2D eigenvalue weighted by molar-refractivity contribution is 0.677. The van der Waals surface area contributed by atoms with Gasteiger partial charge in [0.2, 0.25) is 5.13 Å². The van der Waals surface area contributed by atoms with E-state index in [4.69, 9.17) is 5.73 Å². The summed E-state index contributed by atoms with van der Waals surface area (Å²) in [6.45, 7) is 6.06. The zero-order chi connectivity index (χ0) is 12.0. The van der Waals surface area contributed by atoms with Crippen molar-refractivity contribution in [3.05, 3.63) is 5.82 Å². The molecule has 92 valence electrons. The van der Waals surface area contributed by atoms with Crippen molar-refractivity contribution in [1.82, 2.24) is 9.36 Å². The molecule has 0 amide bonds. The highest BCUT2D eigenvalue weighted by molar-refractivity contribution is 7.09. The highest BCUT2D eigenvalue weighted by atomic mass is 32.1. The molecule has 0 saturated carbocycles. The summed E-state index contributed by atoms with van der Waals surface area (Å²) >= 11 is 1.49. The Kier molecular flexibility index (Phi) is 5.69. The summed E-state index contributed by atoms with van der Waals surface area (Å²) in [7, 11) is 2.08. The zero-order valence-electron chi connectivity index (χ0n) is 10.4. The minimum atomic E-state index is 0.413. The van der Waals surface area contributed by atoms with E-state index in [0.29, 0.717) is 5.92 Å². The topological polar surface area (TPSA) is 55.0 Å². The number of hydrogen-bond donors (Lipinski definition) is 1. The van der Waals surface area contributed by atoms with E-state index in [9.17, 15) is 0 Å². The van der Waals surface area contributed by atoms with Crippen LogP contribution >= 0.6 is 11.5 Å². The highest BCUT2D eigenvalue weighted by Crippen LogP contribution is 2.20. The van der Waals surface area contributed by atoms with Crippen LogP contribution in [0.15, 0.2) is 0 Å². The van der Waals surface area contributed by atoms with Gasteiger partial charge < -0.3 is 10.6 Å². The zero-order valence-corrected chi connectivity index (χ0v) is 11.3. The molecule has 0 saturated heterocycles. The molecule has 1 heterocycles. The number of aromatic nitrogens is 2. The van der Waals surface area contributed by atoms with Crippen molar-refractivity contribution in [2.75, 3.05) is 25.0 Å². The lowest BCUT2D eigenvalue weighted by Crippen LogP contribution is -2.18. The van der Waals surface area contributed by atoms with Crippen molar-refractivity contribution in [2.45, 2.75) is 39.0 Å². The molecular weight excluding hydrogens is 220 g/mol. The number of unbranched alkanes of at least 4 members (excludes halogenated alkanes) is 2. The van der Waals surface area contributed by atoms with E-state index < -0.39 is 0 Å². The lowest BCUT2D eigenvalue weighted by atomic mass is 10.2. The molecule has 0 unspecified atom stereocenters. The second kappa shape index (κ2) is 6.81. The summed E-state index contributed by atoms with van der Waals surface area (Å²) in [5.74, 6) is 1.37. The quantitative estimate of drug-likeness (QED) is 0.745. The number of anilines is 1. The largest absolute Gasteiger partial charge is 0.350 e. The molecule has 5 heteroatoms. The summed E-state index contributed by atoms with van der Waals surface area (Å²) in [5.41, 5.74) is 5.46. The molecule has 0 aliphatic carbocycles. The van der Waals surface area contributed by atoms with E-state index in [1.165, 1.54) is 24.4 Å².